The highest BCUT2D eigenvalue weighted by Crippen LogP contribution is 2.25. The molecule has 0 aliphatic heterocycles. The number of aromatic nitrogens is 2. The number of azo groups is 1. The summed E-state index contributed by atoms with van der Waals surface area (Å²) >= 11 is 0. The van der Waals surface area contributed by atoms with Crippen LogP contribution in [0.2, 0.25) is 0 Å². The molecule has 0 amide bonds. The largest absolute Gasteiger partial charge is 0.399 e. The van der Waals surface area contributed by atoms with Crippen LogP contribution in [0.1, 0.15) is 11.3 Å². The Balaban J connectivity index is 2.05. The zero-order chi connectivity index (χ0) is 21.2. The Hall–Kier alpha value is -3.32. The Morgan fingerprint density at radius 2 is 1.86 bits per heavy atom. The summed E-state index contributed by atoms with van der Waals surface area (Å²) in [6, 6.07) is 9.96. The summed E-state index contributed by atoms with van der Waals surface area (Å²) < 4.78 is 32.5. The lowest BCUT2D eigenvalue weighted by atomic mass is 10.2. The summed E-state index contributed by atoms with van der Waals surface area (Å²) in [5.41, 5.74) is 7.16. The molecule has 0 aliphatic rings. The minimum atomic E-state index is -4.36. The monoisotopic (exact) mass is 419 g/mol. The molecule has 0 saturated carbocycles. The number of hydrogen-bond acceptors (Lipinski definition) is 8. The van der Waals surface area contributed by atoms with Crippen molar-refractivity contribution in [3.05, 3.63) is 64.1 Å². The zero-order valence-corrected chi connectivity index (χ0v) is 15.9. The molecule has 0 bridgehead atoms. The molecule has 0 radical (unpaired) electrons. The predicted molar refractivity (Wildman–Crippen MR) is 103 cm³/mol. The van der Waals surface area contributed by atoms with E-state index in [1.807, 2.05) is 0 Å². The lowest BCUT2D eigenvalue weighted by molar-refractivity contribution is -0.253. The summed E-state index contributed by atoms with van der Waals surface area (Å²) in [5, 5.41) is 19.5. The van der Waals surface area contributed by atoms with Crippen molar-refractivity contribution >= 4 is 27.2 Å². The molecule has 29 heavy (non-hydrogen) atoms. The van der Waals surface area contributed by atoms with Gasteiger partial charge in [-0.25, -0.2) is 9.57 Å². The lowest BCUT2D eigenvalue weighted by Gasteiger charge is -2.02. The topological polar surface area (TPSA) is 172 Å². The highest BCUT2D eigenvalue weighted by atomic mass is 32.2. The van der Waals surface area contributed by atoms with Crippen LogP contribution in [0.15, 0.2) is 62.4 Å². The van der Waals surface area contributed by atoms with E-state index in [0.29, 0.717) is 11.4 Å². The van der Waals surface area contributed by atoms with E-state index < -0.39 is 15.7 Å². The average Bonchev–Trinajstić information content (AvgIpc) is 2.98. The van der Waals surface area contributed by atoms with E-state index in [4.69, 9.17) is 15.5 Å². The van der Waals surface area contributed by atoms with Crippen LogP contribution in [0.5, 0.6) is 0 Å². The number of H-pyrrole nitrogens is 1. The first-order valence-corrected chi connectivity index (χ1v) is 9.61. The second-order valence-corrected chi connectivity index (χ2v) is 7.49. The van der Waals surface area contributed by atoms with Gasteiger partial charge in [0.2, 0.25) is 0 Å². The van der Waals surface area contributed by atoms with Gasteiger partial charge in [-0.15, -0.1) is 10.2 Å². The highest BCUT2D eigenvalue weighted by molar-refractivity contribution is 7.85. The molecule has 3 aromatic rings. The van der Waals surface area contributed by atoms with E-state index in [2.05, 4.69) is 20.2 Å². The van der Waals surface area contributed by atoms with Crippen LogP contribution in [0.4, 0.5) is 17.1 Å². The van der Waals surface area contributed by atoms with Gasteiger partial charge in [0.1, 0.15) is 6.61 Å². The number of benzene rings is 2. The Morgan fingerprint density at radius 1 is 1.17 bits per heavy atom. The highest BCUT2D eigenvalue weighted by Gasteiger charge is 2.17. The number of nitrogen functional groups attached to an aromatic ring is 1. The summed E-state index contributed by atoms with van der Waals surface area (Å²) in [6.45, 7) is 1.44. The minimum Gasteiger partial charge on any atom is -0.399 e. The van der Waals surface area contributed by atoms with Gasteiger partial charge in [0, 0.05) is 5.69 Å². The van der Waals surface area contributed by atoms with Gasteiger partial charge in [-0.3, -0.25) is 19.7 Å². The van der Waals surface area contributed by atoms with Gasteiger partial charge in [0.05, 0.1) is 22.0 Å². The molecular weight excluding hydrogens is 402 g/mol. The number of aromatic amines is 1. The van der Waals surface area contributed by atoms with Gasteiger partial charge in [-0.2, -0.15) is 8.42 Å². The third-order valence-corrected chi connectivity index (χ3v) is 4.90. The standard InChI is InChI=1S/C17H17N5O6S/c1-10-2-3-11(18)8-14(10)19-20-16-15(9-28-24)21-22(17(16)23)12-4-6-13(7-5-12)29(25,26)27/h2-8,21,24H,9,18H2,1H3,(H,25,26,27). The first kappa shape index (κ1) is 20.4. The fourth-order valence-electron chi connectivity index (χ4n) is 2.53. The molecule has 5 N–H and O–H groups in total. The van der Waals surface area contributed by atoms with Crippen molar-refractivity contribution < 1.29 is 23.1 Å². The van der Waals surface area contributed by atoms with Gasteiger partial charge < -0.3 is 5.73 Å². The summed E-state index contributed by atoms with van der Waals surface area (Å²) in [6.07, 6.45) is 0. The maximum atomic E-state index is 12.8. The number of aryl methyl sites for hydroxylation is 1. The Kier molecular flexibility index (Phi) is 5.61. The first-order chi connectivity index (χ1) is 13.7. The minimum absolute atomic E-state index is 0.111. The molecule has 11 nitrogen and oxygen atoms in total. The van der Waals surface area contributed by atoms with Crippen molar-refractivity contribution in [3.8, 4) is 5.69 Å². The molecule has 0 atom stereocenters. The van der Waals surface area contributed by atoms with Gasteiger partial charge in [-0.05, 0) is 48.9 Å². The molecular formula is C17H17N5O6S. The Morgan fingerprint density at radius 3 is 2.48 bits per heavy atom. The van der Waals surface area contributed by atoms with Crippen LogP contribution < -0.4 is 11.3 Å². The smallest absolute Gasteiger partial charge is 0.299 e. The lowest BCUT2D eigenvalue weighted by Crippen LogP contribution is -2.14. The fraction of sp³-hybridized carbons (Fsp3) is 0.118. The van der Waals surface area contributed by atoms with Gasteiger partial charge in [0.15, 0.2) is 5.69 Å². The SMILES string of the molecule is Cc1ccc(N)cc1N=Nc1c(COO)[nH]n(-c2ccc(S(=O)(=O)O)cc2)c1=O. The van der Waals surface area contributed by atoms with Crippen molar-refractivity contribution in [1.29, 1.82) is 0 Å². The van der Waals surface area contributed by atoms with Crippen LogP contribution in [-0.2, 0) is 21.6 Å². The summed E-state index contributed by atoms with van der Waals surface area (Å²) in [7, 11) is -4.36. The second kappa shape index (κ2) is 7.97. The van der Waals surface area contributed by atoms with Crippen LogP contribution >= 0.6 is 0 Å². The summed E-state index contributed by atoms with van der Waals surface area (Å²) in [5.74, 6) is 0. The van der Waals surface area contributed by atoms with Crippen LogP contribution in [-0.4, -0.2) is 28.0 Å². The third-order valence-electron chi connectivity index (χ3n) is 4.03. The van der Waals surface area contributed by atoms with E-state index in [1.165, 1.54) is 12.1 Å². The van der Waals surface area contributed by atoms with E-state index >= 15 is 0 Å². The fourth-order valence-corrected chi connectivity index (χ4v) is 3.01. The second-order valence-electron chi connectivity index (χ2n) is 6.07. The number of nitrogens with zero attached hydrogens (tertiary/aromatic N) is 3. The Labute approximate surface area is 164 Å². The van der Waals surface area contributed by atoms with Gasteiger partial charge in [-0.1, -0.05) is 6.07 Å². The predicted octanol–water partition coefficient (Wildman–Crippen LogP) is 2.71. The van der Waals surface area contributed by atoms with Crippen molar-refractivity contribution in [1.82, 2.24) is 9.78 Å². The normalized spacial score (nSPS) is 12.0. The van der Waals surface area contributed by atoms with Crippen LogP contribution in [0.3, 0.4) is 0 Å². The van der Waals surface area contributed by atoms with Gasteiger partial charge in [0.25, 0.3) is 15.7 Å². The molecule has 152 valence electrons. The average molecular weight is 419 g/mol. The Bertz CT molecular complexity index is 1230. The molecule has 0 saturated heterocycles. The number of rotatable bonds is 6. The molecule has 0 unspecified atom stereocenters. The maximum Gasteiger partial charge on any atom is 0.299 e. The quantitative estimate of drug-likeness (QED) is 0.156. The number of hydrogen-bond donors (Lipinski definition) is 4. The molecule has 3 rings (SSSR count). The maximum absolute atomic E-state index is 12.8. The third kappa shape index (κ3) is 4.41. The number of anilines is 1. The molecule has 12 heteroatoms. The molecule has 0 spiro atoms. The van der Waals surface area contributed by atoms with Crippen LogP contribution in [0, 0.1) is 6.92 Å². The van der Waals surface area contributed by atoms with E-state index in [0.717, 1.165) is 22.4 Å². The van der Waals surface area contributed by atoms with Gasteiger partial charge >= 0.3 is 0 Å². The van der Waals surface area contributed by atoms with E-state index in [1.54, 1.807) is 25.1 Å². The van der Waals surface area contributed by atoms with Crippen molar-refractivity contribution in [2.45, 2.75) is 18.4 Å². The number of nitrogens with one attached hydrogen (secondary N) is 1. The number of nitrogens with two attached hydrogens (primary N) is 1. The molecule has 1 aromatic heterocycles. The van der Waals surface area contributed by atoms with Crippen molar-refractivity contribution in [2.24, 2.45) is 10.2 Å². The van der Waals surface area contributed by atoms with E-state index in [-0.39, 0.29) is 28.6 Å². The molecule has 0 aliphatic carbocycles. The van der Waals surface area contributed by atoms with Crippen LogP contribution in [0.25, 0.3) is 5.69 Å². The molecule has 1 heterocycles. The van der Waals surface area contributed by atoms with Crippen molar-refractivity contribution in [2.75, 3.05) is 5.73 Å². The first-order valence-electron chi connectivity index (χ1n) is 8.17. The summed E-state index contributed by atoms with van der Waals surface area (Å²) in [4.78, 5) is 16.6. The van der Waals surface area contributed by atoms with Crippen molar-refractivity contribution in [3.63, 3.8) is 0 Å². The molecule has 0 fully saturated rings. The zero-order valence-electron chi connectivity index (χ0n) is 15.1. The molecule has 2 aromatic carbocycles. The van der Waals surface area contributed by atoms with E-state index in [9.17, 15) is 13.2 Å².